The van der Waals surface area contributed by atoms with Crippen LogP contribution in [0, 0.1) is 5.92 Å². The van der Waals surface area contributed by atoms with Gasteiger partial charge in [-0.25, -0.2) is 0 Å². The quantitative estimate of drug-likeness (QED) is 0.799. The molecule has 1 amide bonds. The van der Waals surface area contributed by atoms with Gasteiger partial charge in [0.05, 0.1) is 12.6 Å². The first kappa shape index (κ1) is 12.8. The van der Waals surface area contributed by atoms with Crippen molar-refractivity contribution in [2.45, 2.75) is 25.3 Å². The van der Waals surface area contributed by atoms with E-state index in [1.165, 1.54) is 0 Å². The van der Waals surface area contributed by atoms with Gasteiger partial charge in [-0.05, 0) is 24.8 Å². The van der Waals surface area contributed by atoms with Crippen LogP contribution in [0.15, 0.2) is 42.5 Å². The standard InChI is InChI=1S/C15H19NO2/c17-11-14(12-7-3-1-4-8-12)16-15(18)13-9-5-2-6-10-13/h1-5,7-8,13-14,17H,6,9-11H2,(H,16,18). The molecule has 18 heavy (non-hydrogen) atoms. The summed E-state index contributed by atoms with van der Waals surface area (Å²) in [5, 5.41) is 12.3. The van der Waals surface area contributed by atoms with E-state index in [0.717, 1.165) is 24.8 Å². The molecule has 3 nitrogen and oxygen atoms in total. The summed E-state index contributed by atoms with van der Waals surface area (Å²) in [4.78, 5) is 12.1. The third-order valence-corrected chi connectivity index (χ3v) is 3.34. The number of hydrogen-bond donors (Lipinski definition) is 2. The van der Waals surface area contributed by atoms with Crippen molar-refractivity contribution in [1.82, 2.24) is 5.32 Å². The van der Waals surface area contributed by atoms with Gasteiger partial charge in [0.15, 0.2) is 0 Å². The highest BCUT2D eigenvalue weighted by molar-refractivity contribution is 5.79. The summed E-state index contributed by atoms with van der Waals surface area (Å²) in [5.41, 5.74) is 0.944. The van der Waals surface area contributed by atoms with E-state index in [0.29, 0.717) is 0 Å². The number of rotatable bonds is 4. The Morgan fingerprint density at radius 3 is 2.72 bits per heavy atom. The Bertz CT molecular complexity index is 414. The molecule has 1 aliphatic carbocycles. The van der Waals surface area contributed by atoms with Crippen LogP contribution in [-0.2, 0) is 4.79 Å². The Balaban J connectivity index is 1.98. The lowest BCUT2D eigenvalue weighted by atomic mass is 9.93. The fourth-order valence-corrected chi connectivity index (χ4v) is 2.24. The summed E-state index contributed by atoms with van der Waals surface area (Å²) in [6.45, 7) is -0.0711. The average molecular weight is 245 g/mol. The van der Waals surface area contributed by atoms with Crippen LogP contribution in [0.3, 0.4) is 0 Å². The Morgan fingerprint density at radius 2 is 2.11 bits per heavy atom. The molecule has 0 radical (unpaired) electrons. The zero-order valence-corrected chi connectivity index (χ0v) is 10.4. The summed E-state index contributed by atoms with van der Waals surface area (Å²) in [6.07, 6.45) is 6.84. The second kappa shape index (κ2) is 6.36. The first-order chi connectivity index (χ1) is 8.81. The van der Waals surface area contributed by atoms with Crippen molar-refractivity contribution in [3.05, 3.63) is 48.0 Å². The maximum absolute atomic E-state index is 12.1. The van der Waals surface area contributed by atoms with E-state index in [-0.39, 0.29) is 24.5 Å². The number of benzene rings is 1. The van der Waals surface area contributed by atoms with Crippen LogP contribution in [0.25, 0.3) is 0 Å². The van der Waals surface area contributed by atoms with E-state index in [1.807, 2.05) is 30.3 Å². The highest BCUT2D eigenvalue weighted by Crippen LogP contribution is 2.20. The normalized spacial score (nSPS) is 20.4. The van der Waals surface area contributed by atoms with Crippen molar-refractivity contribution in [2.24, 2.45) is 5.92 Å². The fraction of sp³-hybridized carbons (Fsp3) is 0.400. The molecule has 0 saturated carbocycles. The van der Waals surface area contributed by atoms with E-state index in [4.69, 9.17) is 0 Å². The topological polar surface area (TPSA) is 49.3 Å². The number of nitrogens with one attached hydrogen (secondary N) is 1. The zero-order chi connectivity index (χ0) is 12.8. The Hall–Kier alpha value is -1.61. The second-order valence-electron chi connectivity index (χ2n) is 4.64. The van der Waals surface area contributed by atoms with Gasteiger partial charge in [0.25, 0.3) is 0 Å². The van der Waals surface area contributed by atoms with Gasteiger partial charge in [-0.15, -0.1) is 0 Å². The minimum atomic E-state index is -0.301. The number of aliphatic hydroxyl groups excluding tert-OH is 1. The van der Waals surface area contributed by atoms with Gasteiger partial charge >= 0.3 is 0 Å². The summed E-state index contributed by atoms with van der Waals surface area (Å²) in [7, 11) is 0. The maximum atomic E-state index is 12.1. The molecule has 2 atom stereocenters. The molecule has 2 rings (SSSR count). The van der Waals surface area contributed by atoms with Crippen molar-refractivity contribution in [1.29, 1.82) is 0 Å². The number of amides is 1. The molecule has 0 heterocycles. The van der Waals surface area contributed by atoms with Gasteiger partial charge in [0, 0.05) is 5.92 Å². The lowest BCUT2D eigenvalue weighted by Gasteiger charge is -2.22. The third-order valence-electron chi connectivity index (χ3n) is 3.34. The molecule has 1 aliphatic rings. The molecule has 2 unspecified atom stereocenters. The van der Waals surface area contributed by atoms with E-state index in [9.17, 15) is 9.90 Å². The van der Waals surface area contributed by atoms with Crippen LogP contribution in [0.1, 0.15) is 30.9 Å². The summed E-state index contributed by atoms with van der Waals surface area (Å²) < 4.78 is 0. The molecule has 0 aliphatic heterocycles. The molecular formula is C15H19NO2. The van der Waals surface area contributed by atoms with Crippen molar-refractivity contribution in [3.63, 3.8) is 0 Å². The predicted molar refractivity (Wildman–Crippen MR) is 70.9 cm³/mol. The fourth-order valence-electron chi connectivity index (χ4n) is 2.24. The number of aliphatic hydroxyl groups is 1. The van der Waals surface area contributed by atoms with Crippen LogP contribution in [0.2, 0.25) is 0 Å². The van der Waals surface area contributed by atoms with Crippen LogP contribution < -0.4 is 5.32 Å². The summed E-state index contributed by atoms with van der Waals surface area (Å²) >= 11 is 0. The van der Waals surface area contributed by atoms with Gasteiger partial charge in [0.2, 0.25) is 5.91 Å². The predicted octanol–water partition coefficient (Wildman–Crippen LogP) is 2.19. The molecule has 0 bridgehead atoms. The largest absolute Gasteiger partial charge is 0.394 e. The van der Waals surface area contributed by atoms with E-state index >= 15 is 0 Å². The van der Waals surface area contributed by atoms with Crippen LogP contribution >= 0.6 is 0 Å². The minimum Gasteiger partial charge on any atom is -0.394 e. The monoisotopic (exact) mass is 245 g/mol. The van der Waals surface area contributed by atoms with Gasteiger partial charge in [-0.1, -0.05) is 42.5 Å². The van der Waals surface area contributed by atoms with E-state index < -0.39 is 0 Å². The van der Waals surface area contributed by atoms with Crippen molar-refractivity contribution in [3.8, 4) is 0 Å². The molecule has 0 aromatic heterocycles. The molecule has 0 spiro atoms. The molecule has 2 N–H and O–H groups in total. The van der Waals surface area contributed by atoms with Crippen molar-refractivity contribution >= 4 is 5.91 Å². The minimum absolute atomic E-state index is 0.0438. The number of carbonyl (C=O) groups excluding carboxylic acids is 1. The van der Waals surface area contributed by atoms with Gasteiger partial charge < -0.3 is 10.4 Å². The lowest BCUT2D eigenvalue weighted by molar-refractivity contribution is -0.126. The van der Waals surface area contributed by atoms with E-state index in [1.54, 1.807) is 0 Å². The Labute approximate surface area is 108 Å². The van der Waals surface area contributed by atoms with Crippen LogP contribution in [0.4, 0.5) is 0 Å². The smallest absolute Gasteiger partial charge is 0.223 e. The molecule has 1 aromatic carbocycles. The zero-order valence-electron chi connectivity index (χ0n) is 10.4. The SMILES string of the molecule is O=C(NC(CO)c1ccccc1)C1CC=CCC1. The van der Waals surface area contributed by atoms with Gasteiger partial charge in [-0.3, -0.25) is 4.79 Å². The van der Waals surface area contributed by atoms with Crippen molar-refractivity contribution < 1.29 is 9.90 Å². The highest BCUT2D eigenvalue weighted by atomic mass is 16.3. The van der Waals surface area contributed by atoms with Gasteiger partial charge in [0.1, 0.15) is 0 Å². The molecule has 0 saturated heterocycles. The Morgan fingerprint density at radius 1 is 1.33 bits per heavy atom. The maximum Gasteiger partial charge on any atom is 0.223 e. The first-order valence-corrected chi connectivity index (χ1v) is 6.42. The lowest BCUT2D eigenvalue weighted by Crippen LogP contribution is -2.35. The molecule has 1 aromatic rings. The number of carbonyl (C=O) groups is 1. The third kappa shape index (κ3) is 3.20. The molecule has 3 heteroatoms. The number of allylic oxidation sites excluding steroid dienone is 2. The number of hydrogen-bond acceptors (Lipinski definition) is 2. The highest BCUT2D eigenvalue weighted by Gasteiger charge is 2.21. The summed E-state index contributed by atoms with van der Waals surface area (Å²) in [6, 6.07) is 9.28. The van der Waals surface area contributed by atoms with Crippen molar-refractivity contribution in [2.75, 3.05) is 6.61 Å². The average Bonchev–Trinajstić information content (AvgIpc) is 2.46. The van der Waals surface area contributed by atoms with Crippen LogP contribution in [-0.4, -0.2) is 17.6 Å². The molecule has 96 valence electrons. The second-order valence-corrected chi connectivity index (χ2v) is 4.64. The molecule has 0 fully saturated rings. The first-order valence-electron chi connectivity index (χ1n) is 6.42. The van der Waals surface area contributed by atoms with Gasteiger partial charge in [-0.2, -0.15) is 0 Å². The summed E-state index contributed by atoms with van der Waals surface area (Å²) in [5.74, 6) is 0.0926. The molecular weight excluding hydrogens is 226 g/mol. The Kier molecular flexibility index (Phi) is 4.53. The van der Waals surface area contributed by atoms with Crippen LogP contribution in [0.5, 0.6) is 0 Å². The van der Waals surface area contributed by atoms with E-state index in [2.05, 4.69) is 17.5 Å².